The topological polar surface area (TPSA) is 88.5 Å². The van der Waals surface area contributed by atoms with Crippen LogP contribution in [0.2, 0.25) is 0 Å². The standard InChI is InChI=1S/C27H30N2O6/c1-3-16-35-22-10-4-19(5-11-22)24-23(25(30)20-6-8-21(33-2)9-7-20)26(31)27(32)29(24)13-12-28-14-17-34-18-15-28/h3-11,24,30H,1,12-18H2,2H3/t24-/m0/s1. The van der Waals surface area contributed by atoms with Crippen LogP contribution in [0.3, 0.4) is 0 Å². The van der Waals surface area contributed by atoms with Crippen molar-refractivity contribution in [3.8, 4) is 11.5 Å². The summed E-state index contributed by atoms with van der Waals surface area (Å²) in [6.45, 7) is 7.81. The Kier molecular flexibility index (Phi) is 7.84. The van der Waals surface area contributed by atoms with Gasteiger partial charge in [0, 0.05) is 31.7 Å². The van der Waals surface area contributed by atoms with Crippen LogP contribution < -0.4 is 9.47 Å². The fourth-order valence-electron chi connectivity index (χ4n) is 4.34. The Bertz CT molecular complexity index is 1090. The van der Waals surface area contributed by atoms with Crippen LogP contribution >= 0.6 is 0 Å². The van der Waals surface area contributed by atoms with Gasteiger partial charge in [-0.3, -0.25) is 14.5 Å². The highest BCUT2D eigenvalue weighted by atomic mass is 16.5. The van der Waals surface area contributed by atoms with Gasteiger partial charge in [-0.1, -0.05) is 24.8 Å². The number of benzene rings is 2. The second kappa shape index (κ2) is 11.2. The molecule has 2 saturated heterocycles. The van der Waals surface area contributed by atoms with Crippen molar-refractivity contribution < 1.29 is 28.9 Å². The molecule has 4 rings (SSSR count). The van der Waals surface area contributed by atoms with Crippen molar-refractivity contribution >= 4 is 17.4 Å². The van der Waals surface area contributed by atoms with Gasteiger partial charge in [-0.25, -0.2) is 0 Å². The molecule has 184 valence electrons. The maximum absolute atomic E-state index is 13.2. The Hall–Kier alpha value is -3.62. The van der Waals surface area contributed by atoms with Crippen molar-refractivity contribution in [3.63, 3.8) is 0 Å². The zero-order chi connectivity index (χ0) is 24.8. The number of Topliss-reactive ketones (excluding diaryl/α,β-unsaturated/α-hetero) is 1. The summed E-state index contributed by atoms with van der Waals surface area (Å²) >= 11 is 0. The first-order valence-corrected chi connectivity index (χ1v) is 11.6. The first-order chi connectivity index (χ1) is 17.0. The van der Waals surface area contributed by atoms with Gasteiger partial charge < -0.3 is 24.2 Å². The van der Waals surface area contributed by atoms with Crippen LogP contribution in [-0.4, -0.2) is 79.7 Å². The molecule has 2 aromatic carbocycles. The van der Waals surface area contributed by atoms with E-state index in [1.807, 2.05) is 12.1 Å². The average Bonchev–Trinajstić information content (AvgIpc) is 3.16. The second-order valence-electron chi connectivity index (χ2n) is 8.34. The molecule has 0 bridgehead atoms. The van der Waals surface area contributed by atoms with Crippen molar-refractivity contribution in [3.05, 3.63) is 77.9 Å². The minimum atomic E-state index is -0.716. The molecule has 8 heteroatoms. The molecular weight excluding hydrogens is 448 g/mol. The molecule has 1 N–H and O–H groups in total. The van der Waals surface area contributed by atoms with Crippen LogP contribution in [0.4, 0.5) is 0 Å². The molecule has 0 spiro atoms. The average molecular weight is 479 g/mol. The zero-order valence-corrected chi connectivity index (χ0v) is 19.8. The molecule has 2 fully saturated rings. The molecule has 35 heavy (non-hydrogen) atoms. The van der Waals surface area contributed by atoms with Gasteiger partial charge in [0.05, 0.1) is 31.9 Å². The Balaban J connectivity index is 1.70. The number of methoxy groups -OCH3 is 1. The Morgan fingerprint density at radius 3 is 2.34 bits per heavy atom. The molecular formula is C27H30N2O6. The van der Waals surface area contributed by atoms with E-state index >= 15 is 0 Å². The van der Waals surface area contributed by atoms with Crippen molar-refractivity contribution in [2.75, 3.05) is 53.1 Å². The summed E-state index contributed by atoms with van der Waals surface area (Å²) < 4.78 is 16.2. The summed E-state index contributed by atoms with van der Waals surface area (Å²) in [6, 6.07) is 13.2. The molecule has 2 aromatic rings. The molecule has 0 unspecified atom stereocenters. The highest BCUT2D eigenvalue weighted by Crippen LogP contribution is 2.40. The highest BCUT2D eigenvalue weighted by Gasteiger charge is 2.46. The molecule has 1 amide bonds. The number of aliphatic hydroxyl groups excluding tert-OH is 1. The lowest BCUT2D eigenvalue weighted by Crippen LogP contribution is -2.42. The Morgan fingerprint density at radius 1 is 1.06 bits per heavy atom. The number of hydrogen-bond donors (Lipinski definition) is 1. The number of amides is 1. The van der Waals surface area contributed by atoms with Crippen molar-refractivity contribution in [2.24, 2.45) is 0 Å². The fourth-order valence-corrected chi connectivity index (χ4v) is 4.34. The van der Waals surface area contributed by atoms with E-state index in [1.165, 1.54) is 0 Å². The number of hydrogen-bond acceptors (Lipinski definition) is 7. The van der Waals surface area contributed by atoms with E-state index in [9.17, 15) is 14.7 Å². The van der Waals surface area contributed by atoms with Crippen LogP contribution in [0.5, 0.6) is 11.5 Å². The molecule has 0 radical (unpaired) electrons. The summed E-state index contributed by atoms with van der Waals surface area (Å²) in [6.07, 6.45) is 1.66. The van der Waals surface area contributed by atoms with E-state index in [0.29, 0.717) is 55.5 Å². The van der Waals surface area contributed by atoms with Gasteiger partial charge in [-0.2, -0.15) is 0 Å². The van der Waals surface area contributed by atoms with Crippen LogP contribution in [-0.2, 0) is 14.3 Å². The molecule has 8 nitrogen and oxygen atoms in total. The third-order valence-corrected chi connectivity index (χ3v) is 6.23. The number of morpholine rings is 1. The van der Waals surface area contributed by atoms with E-state index in [0.717, 1.165) is 13.1 Å². The number of aliphatic hydroxyl groups is 1. The number of rotatable bonds is 9. The molecule has 1 atom stereocenters. The number of carbonyl (C=O) groups excluding carboxylic acids is 2. The summed E-state index contributed by atoms with van der Waals surface area (Å²) in [7, 11) is 1.55. The smallest absolute Gasteiger partial charge is 0.295 e. The van der Waals surface area contributed by atoms with Crippen molar-refractivity contribution in [1.82, 2.24) is 9.80 Å². The van der Waals surface area contributed by atoms with Gasteiger partial charge in [-0.15, -0.1) is 0 Å². The third kappa shape index (κ3) is 5.39. The maximum atomic E-state index is 13.2. The van der Waals surface area contributed by atoms with E-state index in [2.05, 4.69) is 11.5 Å². The Morgan fingerprint density at radius 2 is 1.71 bits per heavy atom. The molecule has 0 saturated carbocycles. The minimum Gasteiger partial charge on any atom is -0.507 e. The SMILES string of the molecule is C=CCOc1ccc([C@H]2C(=C(O)c3ccc(OC)cc3)C(=O)C(=O)N2CCN2CCOCC2)cc1. The van der Waals surface area contributed by atoms with Crippen molar-refractivity contribution in [2.45, 2.75) is 6.04 Å². The molecule has 2 aliphatic heterocycles. The fraction of sp³-hybridized carbons (Fsp3) is 0.333. The Labute approximate surface area is 205 Å². The second-order valence-corrected chi connectivity index (χ2v) is 8.34. The number of nitrogens with zero attached hydrogens (tertiary/aromatic N) is 2. The lowest BCUT2D eigenvalue weighted by Gasteiger charge is -2.31. The van der Waals surface area contributed by atoms with E-state index in [-0.39, 0.29) is 11.3 Å². The van der Waals surface area contributed by atoms with Crippen LogP contribution in [0, 0.1) is 0 Å². The number of carbonyl (C=O) groups is 2. The first-order valence-electron chi connectivity index (χ1n) is 11.6. The minimum absolute atomic E-state index is 0.0712. The maximum Gasteiger partial charge on any atom is 0.295 e. The van der Waals surface area contributed by atoms with Gasteiger partial charge in [0.25, 0.3) is 11.7 Å². The highest BCUT2D eigenvalue weighted by molar-refractivity contribution is 6.46. The first kappa shape index (κ1) is 24.5. The third-order valence-electron chi connectivity index (χ3n) is 6.23. The number of likely N-dealkylation sites (tertiary alicyclic amines) is 1. The predicted molar refractivity (Wildman–Crippen MR) is 131 cm³/mol. The summed E-state index contributed by atoms with van der Waals surface area (Å²) in [5.74, 6) is -0.257. The van der Waals surface area contributed by atoms with Crippen LogP contribution in [0.1, 0.15) is 17.2 Å². The van der Waals surface area contributed by atoms with Crippen LogP contribution in [0.15, 0.2) is 66.8 Å². The van der Waals surface area contributed by atoms with Gasteiger partial charge >= 0.3 is 0 Å². The molecule has 0 aromatic heterocycles. The molecule has 2 heterocycles. The lowest BCUT2D eigenvalue weighted by atomic mass is 9.95. The quantitative estimate of drug-likeness (QED) is 0.257. The lowest BCUT2D eigenvalue weighted by molar-refractivity contribution is -0.140. The van der Waals surface area contributed by atoms with Gasteiger partial charge in [0.15, 0.2) is 0 Å². The summed E-state index contributed by atoms with van der Waals surface area (Å²) in [4.78, 5) is 30.1. The van der Waals surface area contributed by atoms with E-state index < -0.39 is 17.7 Å². The van der Waals surface area contributed by atoms with Gasteiger partial charge in [-0.05, 0) is 42.0 Å². The van der Waals surface area contributed by atoms with Gasteiger partial charge in [0.2, 0.25) is 0 Å². The molecule has 0 aliphatic carbocycles. The largest absolute Gasteiger partial charge is 0.507 e. The van der Waals surface area contributed by atoms with Gasteiger partial charge in [0.1, 0.15) is 23.9 Å². The zero-order valence-electron chi connectivity index (χ0n) is 19.8. The normalized spacial score (nSPS) is 20.1. The molecule has 2 aliphatic rings. The number of ether oxygens (including phenoxy) is 3. The number of ketones is 1. The van der Waals surface area contributed by atoms with Crippen LogP contribution in [0.25, 0.3) is 5.76 Å². The monoisotopic (exact) mass is 478 g/mol. The van der Waals surface area contributed by atoms with E-state index in [4.69, 9.17) is 14.2 Å². The predicted octanol–water partition coefficient (Wildman–Crippen LogP) is 3.01. The van der Waals surface area contributed by atoms with E-state index in [1.54, 1.807) is 54.5 Å². The van der Waals surface area contributed by atoms with Crippen molar-refractivity contribution in [1.29, 1.82) is 0 Å². The summed E-state index contributed by atoms with van der Waals surface area (Å²) in [5, 5.41) is 11.2. The summed E-state index contributed by atoms with van der Waals surface area (Å²) in [5.41, 5.74) is 1.22.